The highest BCUT2D eigenvalue weighted by molar-refractivity contribution is 5.92. The van der Waals surface area contributed by atoms with E-state index in [9.17, 15) is 4.79 Å². The lowest BCUT2D eigenvalue weighted by molar-refractivity contribution is 0.0459. The van der Waals surface area contributed by atoms with Gasteiger partial charge >= 0.3 is 0 Å². The Labute approximate surface area is 108 Å². The SMILES string of the molecule is CCOC1CCN(c2ccc(C(C)=O)nc2)CC1. The fourth-order valence-corrected chi connectivity index (χ4v) is 2.30. The standard InChI is InChI=1S/C14H20N2O2/c1-3-18-13-6-8-16(9-7-13)12-4-5-14(11(2)17)15-10-12/h4-5,10,13H,3,6-9H2,1-2H3. The summed E-state index contributed by atoms with van der Waals surface area (Å²) in [4.78, 5) is 17.6. The summed E-state index contributed by atoms with van der Waals surface area (Å²) in [5, 5.41) is 0. The number of anilines is 1. The van der Waals surface area contributed by atoms with Gasteiger partial charge in [-0.15, -0.1) is 0 Å². The average molecular weight is 248 g/mol. The molecule has 1 fully saturated rings. The fourth-order valence-electron chi connectivity index (χ4n) is 2.30. The maximum absolute atomic E-state index is 11.2. The summed E-state index contributed by atoms with van der Waals surface area (Å²) in [6.07, 6.45) is 4.30. The molecule has 0 aromatic carbocycles. The fraction of sp³-hybridized carbons (Fsp3) is 0.571. The van der Waals surface area contributed by atoms with E-state index < -0.39 is 0 Å². The normalized spacial score (nSPS) is 16.9. The summed E-state index contributed by atoms with van der Waals surface area (Å²) in [6.45, 7) is 6.35. The van der Waals surface area contributed by atoms with Crippen molar-refractivity contribution < 1.29 is 9.53 Å². The lowest BCUT2D eigenvalue weighted by atomic mass is 10.1. The van der Waals surface area contributed by atoms with Crippen molar-refractivity contribution >= 4 is 11.5 Å². The van der Waals surface area contributed by atoms with Gasteiger partial charge in [-0.05, 0) is 31.9 Å². The summed E-state index contributed by atoms with van der Waals surface area (Å²) in [7, 11) is 0. The molecule has 98 valence electrons. The van der Waals surface area contributed by atoms with Crippen LogP contribution in [0, 0.1) is 0 Å². The number of hydrogen-bond donors (Lipinski definition) is 0. The minimum atomic E-state index is 0.0107. The van der Waals surface area contributed by atoms with E-state index in [4.69, 9.17) is 4.74 Å². The number of rotatable bonds is 4. The third kappa shape index (κ3) is 3.07. The molecular formula is C14H20N2O2. The summed E-state index contributed by atoms with van der Waals surface area (Å²) in [6, 6.07) is 3.77. The molecule has 0 saturated carbocycles. The summed E-state index contributed by atoms with van der Waals surface area (Å²) >= 11 is 0. The molecule has 0 atom stereocenters. The van der Waals surface area contributed by atoms with Crippen molar-refractivity contribution in [3.63, 3.8) is 0 Å². The maximum Gasteiger partial charge on any atom is 0.178 e. The number of nitrogens with zero attached hydrogens (tertiary/aromatic N) is 2. The zero-order valence-corrected chi connectivity index (χ0v) is 11.1. The molecule has 1 aromatic heterocycles. The molecule has 0 unspecified atom stereocenters. The van der Waals surface area contributed by atoms with Crippen molar-refractivity contribution in [2.24, 2.45) is 0 Å². The minimum absolute atomic E-state index is 0.0107. The number of Topliss-reactive ketones (excluding diaryl/α,β-unsaturated/α-hetero) is 1. The van der Waals surface area contributed by atoms with Crippen LogP contribution in [0.1, 0.15) is 37.2 Å². The van der Waals surface area contributed by atoms with Gasteiger partial charge in [0.25, 0.3) is 0 Å². The molecule has 0 amide bonds. The molecule has 2 heterocycles. The van der Waals surface area contributed by atoms with E-state index >= 15 is 0 Å². The van der Waals surface area contributed by atoms with Gasteiger partial charge in [0, 0.05) is 26.6 Å². The molecule has 0 N–H and O–H groups in total. The van der Waals surface area contributed by atoms with Crippen molar-refractivity contribution in [1.82, 2.24) is 4.98 Å². The molecule has 4 nitrogen and oxygen atoms in total. The van der Waals surface area contributed by atoms with Crippen LogP contribution in [-0.2, 0) is 4.74 Å². The van der Waals surface area contributed by atoms with Gasteiger partial charge in [-0.1, -0.05) is 0 Å². The lowest BCUT2D eigenvalue weighted by Gasteiger charge is -2.33. The maximum atomic E-state index is 11.2. The molecule has 4 heteroatoms. The lowest BCUT2D eigenvalue weighted by Crippen LogP contribution is -2.37. The minimum Gasteiger partial charge on any atom is -0.378 e. The highest BCUT2D eigenvalue weighted by atomic mass is 16.5. The Kier molecular flexibility index (Phi) is 4.31. The molecule has 0 bridgehead atoms. The number of hydrogen-bond acceptors (Lipinski definition) is 4. The highest BCUT2D eigenvalue weighted by Crippen LogP contribution is 2.20. The van der Waals surface area contributed by atoms with Crippen LogP contribution < -0.4 is 4.90 Å². The van der Waals surface area contributed by atoms with E-state index in [-0.39, 0.29) is 5.78 Å². The van der Waals surface area contributed by atoms with Gasteiger partial charge in [-0.3, -0.25) is 9.78 Å². The van der Waals surface area contributed by atoms with Gasteiger partial charge in [0.2, 0.25) is 0 Å². The van der Waals surface area contributed by atoms with Crippen LogP contribution in [-0.4, -0.2) is 36.6 Å². The molecule has 0 aliphatic carbocycles. The van der Waals surface area contributed by atoms with E-state index in [0.29, 0.717) is 11.8 Å². The largest absolute Gasteiger partial charge is 0.378 e. The zero-order valence-electron chi connectivity index (χ0n) is 11.1. The zero-order chi connectivity index (χ0) is 13.0. The number of ketones is 1. The van der Waals surface area contributed by atoms with E-state index in [2.05, 4.69) is 9.88 Å². The molecule has 1 aromatic rings. The van der Waals surface area contributed by atoms with Crippen molar-refractivity contribution in [1.29, 1.82) is 0 Å². The molecule has 1 aliphatic rings. The molecule has 18 heavy (non-hydrogen) atoms. The Hall–Kier alpha value is -1.42. The Morgan fingerprint density at radius 2 is 2.17 bits per heavy atom. The molecular weight excluding hydrogens is 228 g/mol. The van der Waals surface area contributed by atoms with Crippen molar-refractivity contribution in [3.05, 3.63) is 24.0 Å². The first-order valence-corrected chi connectivity index (χ1v) is 6.54. The second-order valence-electron chi connectivity index (χ2n) is 4.60. The Balaban J connectivity index is 1.95. The van der Waals surface area contributed by atoms with Crippen LogP contribution in [0.4, 0.5) is 5.69 Å². The first-order chi connectivity index (χ1) is 8.70. The van der Waals surface area contributed by atoms with Gasteiger partial charge in [0.1, 0.15) is 5.69 Å². The van der Waals surface area contributed by atoms with Gasteiger partial charge < -0.3 is 9.64 Å². The average Bonchev–Trinajstić information content (AvgIpc) is 2.40. The predicted molar refractivity (Wildman–Crippen MR) is 71.1 cm³/mol. The number of ether oxygens (including phenoxy) is 1. The summed E-state index contributed by atoms with van der Waals surface area (Å²) in [5.74, 6) is 0.0107. The highest BCUT2D eigenvalue weighted by Gasteiger charge is 2.19. The van der Waals surface area contributed by atoms with E-state index in [1.807, 2.05) is 13.0 Å². The topological polar surface area (TPSA) is 42.4 Å². The van der Waals surface area contributed by atoms with Crippen LogP contribution in [0.5, 0.6) is 0 Å². The second-order valence-corrected chi connectivity index (χ2v) is 4.60. The van der Waals surface area contributed by atoms with Crippen molar-refractivity contribution in [2.75, 3.05) is 24.6 Å². The second kappa shape index (κ2) is 5.96. The van der Waals surface area contributed by atoms with Crippen molar-refractivity contribution in [2.45, 2.75) is 32.8 Å². The van der Waals surface area contributed by atoms with Gasteiger partial charge in [0.05, 0.1) is 18.0 Å². The molecule has 1 saturated heterocycles. The van der Waals surface area contributed by atoms with Crippen LogP contribution in [0.2, 0.25) is 0 Å². The first kappa shape index (κ1) is 13.0. The van der Waals surface area contributed by atoms with E-state index in [1.165, 1.54) is 6.92 Å². The van der Waals surface area contributed by atoms with E-state index in [1.54, 1.807) is 12.3 Å². The van der Waals surface area contributed by atoms with Crippen LogP contribution in [0.25, 0.3) is 0 Å². The van der Waals surface area contributed by atoms with E-state index in [0.717, 1.165) is 38.2 Å². The Morgan fingerprint density at radius 3 is 2.67 bits per heavy atom. The Morgan fingerprint density at radius 1 is 1.44 bits per heavy atom. The number of carbonyl (C=O) groups excluding carboxylic acids is 1. The van der Waals surface area contributed by atoms with Gasteiger partial charge in [-0.25, -0.2) is 0 Å². The third-order valence-corrected chi connectivity index (χ3v) is 3.32. The molecule has 2 rings (SSSR count). The molecule has 1 aliphatic heterocycles. The number of aromatic nitrogens is 1. The quantitative estimate of drug-likeness (QED) is 0.767. The van der Waals surface area contributed by atoms with Crippen LogP contribution in [0.15, 0.2) is 18.3 Å². The van der Waals surface area contributed by atoms with Gasteiger partial charge in [0.15, 0.2) is 5.78 Å². The Bertz CT molecular complexity index is 395. The van der Waals surface area contributed by atoms with Crippen LogP contribution >= 0.6 is 0 Å². The number of pyridine rings is 1. The van der Waals surface area contributed by atoms with Crippen molar-refractivity contribution in [3.8, 4) is 0 Å². The first-order valence-electron chi connectivity index (χ1n) is 6.54. The summed E-state index contributed by atoms with van der Waals surface area (Å²) in [5.41, 5.74) is 1.62. The number of piperidine rings is 1. The monoisotopic (exact) mass is 248 g/mol. The molecule has 0 radical (unpaired) electrons. The summed E-state index contributed by atoms with van der Waals surface area (Å²) < 4.78 is 5.63. The smallest absolute Gasteiger partial charge is 0.178 e. The molecule has 0 spiro atoms. The van der Waals surface area contributed by atoms with Crippen LogP contribution in [0.3, 0.4) is 0 Å². The van der Waals surface area contributed by atoms with Gasteiger partial charge in [-0.2, -0.15) is 0 Å². The third-order valence-electron chi connectivity index (χ3n) is 3.32. The predicted octanol–water partition coefficient (Wildman–Crippen LogP) is 2.29. The number of carbonyl (C=O) groups is 1.